The summed E-state index contributed by atoms with van der Waals surface area (Å²) in [5, 5.41) is 0. The molecule has 0 amide bonds. The SMILES string of the molecule is CC[Si](CC)(CC)O[C@H](CCCCOC(=O)C(C)(C)C)[C@H](C)C=O. The fraction of sp³-hybridized carbons (Fsp3) is 0.895. The van der Waals surface area contributed by atoms with Gasteiger partial charge in [0.05, 0.1) is 18.1 Å². The molecule has 24 heavy (non-hydrogen) atoms. The van der Waals surface area contributed by atoms with E-state index in [4.69, 9.17) is 9.16 Å². The van der Waals surface area contributed by atoms with Crippen molar-refractivity contribution in [3.63, 3.8) is 0 Å². The van der Waals surface area contributed by atoms with E-state index in [1.807, 2.05) is 27.7 Å². The summed E-state index contributed by atoms with van der Waals surface area (Å²) in [5.74, 6) is -0.246. The summed E-state index contributed by atoms with van der Waals surface area (Å²) in [5.41, 5.74) is -0.452. The monoisotopic (exact) mass is 358 g/mol. The molecule has 0 saturated carbocycles. The summed E-state index contributed by atoms with van der Waals surface area (Å²) < 4.78 is 11.8. The molecule has 0 rings (SSSR count). The number of aldehydes is 1. The highest BCUT2D eigenvalue weighted by Gasteiger charge is 2.33. The van der Waals surface area contributed by atoms with E-state index in [0.29, 0.717) is 6.61 Å². The second-order valence-corrected chi connectivity index (χ2v) is 12.5. The number of unbranched alkanes of at least 4 members (excludes halogenated alkanes) is 1. The van der Waals surface area contributed by atoms with E-state index in [2.05, 4.69) is 20.8 Å². The van der Waals surface area contributed by atoms with E-state index in [-0.39, 0.29) is 18.0 Å². The number of rotatable bonds is 12. The molecule has 0 aromatic rings. The molecular weight excluding hydrogens is 320 g/mol. The lowest BCUT2D eigenvalue weighted by atomic mass is 9.97. The zero-order valence-corrected chi connectivity index (χ0v) is 17.8. The Bertz CT molecular complexity index is 364. The van der Waals surface area contributed by atoms with Crippen molar-refractivity contribution in [2.75, 3.05) is 6.61 Å². The van der Waals surface area contributed by atoms with Gasteiger partial charge in [-0.3, -0.25) is 4.79 Å². The zero-order valence-electron chi connectivity index (χ0n) is 16.8. The Kier molecular flexibility index (Phi) is 10.7. The van der Waals surface area contributed by atoms with Gasteiger partial charge in [-0.25, -0.2) is 0 Å². The second-order valence-electron chi connectivity index (χ2n) is 7.78. The van der Waals surface area contributed by atoms with Crippen molar-refractivity contribution >= 4 is 20.6 Å². The number of carbonyl (C=O) groups excluding carboxylic acids is 2. The molecule has 0 radical (unpaired) electrons. The smallest absolute Gasteiger partial charge is 0.311 e. The Labute approximate surface area is 149 Å². The number of carbonyl (C=O) groups is 2. The Morgan fingerprint density at radius 2 is 1.62 bits per heavy atom. The molecule has 0 unspecified atom stereocenters. The summed E-state index contributed by atoms with van der Waals surface area (Å²) >= 11 is 0. The van der Waals surface area contributed by atoms with Crippen molar-refractivity contribution in [1.82, 2.24) is 0 Å². The highest BCUT2D eigenvalue weighted by molar-refractivity contribution is 6.73. The van der Waals surface area contributed by atoms with Crippen LogP contribution < -0.4 is 0 Å². The van der Waals surface area contributed by atoms with Gasteiger partial charge in [0.1, 0.15) is 6.29 Å². The van der Waals surface area contributed by atoms with Gasteiger partial charge >= 0.3 is 5.97 Å². The lowest BCUT2D eigenvalue weighted by Crippen LogP contribution is -2.42. The number of esters is 1. The average molecular weight is 359 g/mol. The first-order valence-corrected chi connectivity index (χ1v) is 12.0. The largest absolute Gasteiger partial charge is 0.465 e. The van der Waals surface area contributed by atoms with Crippen molar-refractivity contribution in [3.8, 4) is 0 Å². The topological polar surface area (TPSA) is 52.6 Å². The van der Waals surface area contributed by atoms with E-state index in [1.165, 1.54) is 0 Å². The third kappa shape index (κ3) is 7.93. The van der Waals surface area contributed by atoms with Crippen LogP contribution in [0.3, 0.4) is 0 Å². The summed E-state index contributed by atoms with van der Waals surface area (Å²) in [6.07, 6.45) is 3.56. The van der Waals surface area contributed by atoms with Crippen LogP contribution in [0, 0.1) is 11.3 Å². The molecule has 0 fully saturated rings. The van der Waals surface area contributed by atoms with Gasteiger partial charge in [-0.15, -0.1) is 0 Å². The van der Waals surface area contributed by atoms with E-state index in [9.17, 15) is 9.59 Å². The number of hydrogen-bond acceptors (Lipinski definition) is 4. The summed E-state index contributed by atoms with van der Waals surface area (Å²) in [4.78, 5) is 23.0. The predicted molar refractivity (Wildman–Crippen MR) is 102 cm³/mol. The first kappa shape index (κ1) is 23.3. The quantitative estimate of drug-likeness (QED) is 0.214. The molecule has 0 bridgehead atoms. The fourth-order valence-electron chi connectivity index (χ4n) is 2.67. The van der Waals surface area contributed by atoms with Gasteiger partial charge in [0.15, 0.2) is 8.32 Å². The van der Waals surface area contributed by atoms with Crippen molar-refractivity contribution in [2.45, 2.75) is 92.0 Å². The summed E-state index contributed by atoms with van der Waals surface area (Å²) in [7, 11) is -1.72. The Hall–Kier alpha value is -0.683. The van der Waals surface area contributed by atoms with Crippen LogP contribution in [0.15, 0.2) is 0 Å². The molecule has 142 valence electrons. The first-order valence-electron chi connectivity index (χ1n) is 9.46. The van der Waals surface area contributed by atoms with E-state index < -0.39 is 13.7 Å². The Morgan fingerprint density at radius 3 is 2.04 bits per heavy atom. The highest BCUT2D eigenvalue weighted by atomic mass is 28.4. The molecule has 0 heterocycles. The minimum atomic E-state index is -1.72. The molecule has 0 aromatic heterocycles. The number of hydrogen-bond donors (Lipinski definition) is 0. The first-order chi connectivity index (χ1) is 11.2. The summed E-state index contributed by atoms with van der Waals surface area (Å²) in [6, 6.07) is 3.27. The van der Waals surface area contributed by atoms with Gasteiger partial charge in [-0.05, 0) is 58.2 Å². The molecule has 5 heteroatoms. The fourth-order valence-corrected chi connectivity index (χ4v) is 5.64. The van der Waals surface area contributed by atoms with Gasteiger partial charge in [0.2, 0.25) is 0 Å². The highest BCUT2D eigenvalue weighted by Crippen LogP contribution is 2.27. The molecule has 0 aromatic carbocycles. The standard InChI is InChI=1S/C19H38O4Si/c1-8-24(9-2,10-3)23-17(16(4)15-20)13-11-12-14-22-18(21)19(5,6)7/h15-17H,8-14H2,1-7H3/t16-,17-/m1/s1. The molecule has 4 nitrogen and oxygen atoms in total. The van der Waals surface area contributed by atoms with Crippen LogP contribution in [0.25, 0.3) is 0 Å². The van der Waals surface area contributed by atoms with Crippen LogP contribution in [-0.2, 0) is 18.8 Å². The second kappa shape index (κ2) is 11.0. The van der Waals surface area contributed by atoms with Gasteiger partial charge in [0.25, 0.3) is 0 Å². The number of ether oxygens (including phenoxy) is 1. The maximum atomic E-state index is 11.7. The molecule has 0 spiro atoms. The molecule has 2 atom stereocenters. The van der Waals surface area contributed by atoms with Gasteiger partial charge in [0, 0.05) is 5.92 Å². The lowest BCUT2D eigenvalue weighted by molar-refractivity contribution is -0.153. The van der Waals surface area contributed by atoms with E-state index >= 15 is 0 Å². The predicted octanol–water partition coefficient (Wildman–Crippen LogP) is 4.97. The molecule has 0 N–H and O–H groups in total. The molecule has 0 aliphatic heterocycles. The van der Waals surface area contributed by atoms with E-state index in [0.717, 1.165) is 43.7 Å². The Morgan fingerprint density at radius 1 is 1.08 bits per heavy atom. The van der Waals surface area contributed by atoms with Crippen molar-refractivity contribution in [2.24, 2.45) is 11.3 Å². The molecule has 0 saturated heterocycles. The molecule has 0 aliphatic carbocycles. The summed E-state index contributed by atoms with van der Waals surface area (Å²) in [6.45, 7) is 14.6. The van der Waals surface area contributed by atoms with E-state index in [1.54, 1.807) is 0 Å². The average Bonchev–Trinajstić information content (AvgIpc) is 2.56. The van der Waals surface area contributed by atoms with Crippen LogP contribution in [0.4, 0.5) is 0 Å². The van der Waals surface area contributed by atoms with Crippen molar-refractivity contribution < 1.29 is 18.8 Å². The van der Waals surface area contributed by atoms with Gasteiger partial charge in [-0.2, -0.15) is 0 Å². The normalized spacial score (nSPS) is 15.0. The van der Waals surface area contributed by atoms with Gasteiger partial charge < -0.3 is 14.0 Å². The Balaban J connectivity index is 4.46. The van der Waals surface area contributed by atoms with Crippen LogP contribution in [-0.4, -0.2) is 33.3 Å². The van der Waals surface area contributed by atoms with Crippen LogP contribution >= 0.6 is 0 Å². The third-order valence-electron chi connectivity index (χ3n) is 4.86. The maximum Gasteiger partial charge on any atom is 0.311 e. The van der Waals surface area contributed by atoms with Crippen LogP contribution in [0.2, 0.25) is 18.1 Å². The zero-order chi connectivity index (χ0) is 18.8. The van der Waals surface area contributed by atoms with Crippen LogP contribution in [0.1, 0.15) is 67.7 Å². The van der Waals surface area contributed by atoms with Crippen LogP contribution in [0.5, 0.6) is 0 Å². The van der Waals surface area contributed by atoms with Crippen molar-refractivity contribution in [1.29, 1.82) is 0 Å². The third-order valence-corrected chi connectivity index (χ3v) is 9.53. The minimum Gasteiger partial charge on any atom is -0.465 e. The maximum absolute atomic E-state index is 11.7. The van der Waals surface area contributed by atoms with Gasteiger partial charge in [-0.1, -0.05) is 27.7 Å². The molecule has 0 aliphatic rings. The molecular formula is C19H38O4Si. The lowest BCUT2D eigenvalue weighted by Gasteiger charge is -2.35. The van der Waals surface area contributed by atoms with Crippen molar-refractivity contribution in [3.05, 3.63) is 0 Å². The minimum absolute atomic E-state index is 0.00710.